The molecule has 0 aliphatic carbocycles. The summed E-state index contributed by atoms with van der Waals surface area (Å²) in [5.41, 5.74) is 3.12. The summed E-state index contributed by atoms with van der Waals surface area (Å²) < 4.78 is 128. The molecule has 0 saturated heterocycles. The maximum atomic E-state index is 12.9. The molecule has 2 aromatic carbocycles. The van der Waals surface area contributed by atoms with Crippen molar-refractivity contribution < 1.29 is 47.9 Å². The molecule has 0 unspecified atom stereocenters. The Morgan fingerprint density at radius 2 is 1.03 bits per heavy atom. The van der Waals surface area contributed by atoms with Crippen LogP contribution in [0.1, 0.15) is 11.1 Å². The fourth-order valence-electron chi connectivity index (χ4n) is 6.36. The number of nitrogens with one attached hydrogen (secondary N) is 5. The Morgan fingerprint density at radius 1 is 0.605 bits per heavy atom. The molecule has 0 radical (unpaired) electrons. The van der Waals surface area contributed by atoms with Crippen molar-refractivity contribution in [3.05, 3.63) is 131 Å². The van der Waals surface area contributed by atoms with Crippen LogP contribution in [-0.2, 0) is 33.1 Å². The van der Waals surface area contributed by atoms with E-state index < -0.39 is 51.1 Å². The van der Waals surface area contributed by atoms with Crippen LogP contribution in [0, 0.1) is 0 Å². The van der Waals surface area contributed by atoms with Gasteiger partial charge in [0.1, 0.15) is 29.7 Å². The van der Waals surface area contributed by atoms with E-state index in [1.165, 1.54) is 62.0 Å². The van der Waals surface area contributed by atoms with E-state index in [1.807, 2.05) is 0 Å². The number of alkyl halides is 6. The number of hydrogen-bond donors (Lipinski definition) is 7. The van der Waals surface area contributed by atoms with Gasteiger partial charge in [-0.1, -0.05) is 43.9 Å². The van der Waals surface area contributed by atoms with Gasteiger partial charge < -0.3 is 31.0 Å². The number of halogens is 7. The van der Waals surface area contributed by atoms with Gasteiger partial charge in [0.2, 0.25) is 43.4 Å². The summed E-state index contributed by atoms with van der Waals surface area (Å²) in [6.45, 7) is 4.62. The van der Waals surface area contributed by atoms with E-state index in [9.17, 15) is 48.0 Å². The molecule has 30 heteroatoms. The van der Waals surface area contributed by atoms with Gasteiger partial charge in [0.15, 0.2) is 11.6 Å². The average Bonchev–Trinajstić information content (AvgIpc) is 3.34. The highest BCUT2D eigenvalue weighted by Crippen LogP contribution is 2.29. The monoisotopic (exact) mass is 1220 g/mol. The van der Waals surface area contributed by atoms with Gasteiger partial charge in [-0.3, -0.25) is 4.79 Å². The summed E-state index contributed by atoms with van der Waals surface area (Å²) in [7, 11) is -6.19. The molecular weight excluding hydrogens is 1180 g/mol. The minimum Gasteiger partial charge on any atom is -0.481 e. The molecule has 9 N–H and O–H groups in total. The molecular formula is C46H47F6IN14O6S2Si. The van der Waals surface area contributed by atoms with Crippen molar-refractivity contribution in [3.8, 4) is 28.4 Å². The molecule has 0 atom stereocenters. The SMILES string of the molecule is COc1cc(-c2ccc3nc(NCc4ccc(S(N)(=O)=O)cc4)nc(NCC(F)(F)F)c3n2)ccn1.C[Si](C)(C)I.NS(=O)(=O)c1ccc(CNc2nc(NCC(F)(F)F)c3nc(-c4cc[nH]c(=O)c4)ccc3n2)cc1. The van der Waals surface area contributed by atoms with Crippen LogP contribution in [-0.4, -0.2) is 94.8 Å². The maximum Gasteiger partial charge on any atom is 0.405 e. The number of H-pyrrole nitrogens is 1. The fraction of sp³-hybridized carbons (Fsp3) is 0.217. The summed E-state index contributed by atoms with van der Waals surface area (Å²) >= 11 is 2.52. The van der Waals surface area contributed by atoms with Crippen LogP contribution in [0.25, 0.3) is 44.6 Å². The molecule has 0 bridgehead atoms. The lowest BCUT2D eigenvalue weighted by Gasteiger charge is -2.14. The Bertz CT molecular complexity index is 3610. The van der Waals surface area contributed by atoms with E-state index in [-0.39, 0.29) is 68.5 Å². The van der Waals surface area contributed by atoms with Gasteiger partial charge in [0.05, 0.1) is 39.3 Å². The molecule has 402 valence electrons. The molecule has 0 aliphatic heterocycles. The van der Waals surface area contributed by atoms with Gasteiger partial charge >= 0.3 is 12.4 Å². The third-order valence-corrected chi connectivity index (χ3v) is 11.6. The van der Waals surface area contributed by atoms with Crippen molar-refractivity contribution in [1.29, 1.82) is 0 Å². The van der Waals surface area contributed by atoms with Crippen molar-refractivity contribution in [3.63, 3.8) is 0 Å². The van der Waals surface area contributed by atoms with E-state index >= 15 is 0 Å². The average molecular weight is 1230 g/mol. The van der Waals surface area contributed by atoms with E-state index in [2.05, 4.69) is 103 Å². The smallest absolute Gasteiger partial charge is 0.405 e. The van der Waals surface area contributed by atoms with Crippen molar-refractivity contribution >= 4 is 93.0 Å². The molecule has 0 saturated carbocycles. The quantitative estimate of drug-likeness (QED) is 0.0220. The summed E-state index contributed by atoms with van der Waals surface area (Å²) in [4.78, 5) is 43.9. The topological polar surface area (TPSA) is 301 Å². The summed E-state index contributed by atoms with van der Waals surface area (Å²) in [6.07, 6.45) is -6.01. The van der Waals surface area contributed by atoms with Gasteiger partial charge in [-0.25, -0.2) is 52.0 Å². The number of sulfonamides is 2. The van der Waals surface area contributed by atoms with Crippen LogP contribution in [0.3, 0.4) is 0 Å². The van der Waals surface area contributed by atoms with Gasteiger partial charge in [-0.05, 0) is 71.8 Å². The molecule has 20 nitrogen and oxygen atoms in total. The lowest BCUT2D eigenvalue weighted by atomic mass is 10.1. The number of rotatable bonds is 15. The van der Waals surface area contributed by atoms with Crippen LogP contribution < -0.4 is 41.8 Å². The van der Waals surface area contributed by atoms with E-state index in [0.29, 0.717) is 45.0 Å². The van der Waals surface area contributed by atoms with E-state index in [0.717, 1.165) is 0 Å². The third-order valence-electron chi connectivity index (χ3n) is 9.71. The van der Waals surface area contributed by atoms with Crippen LogP contribution in [0.15, 0.2) is 124 Å². The first-order valence-corrected chi connectivity index (χ1v) is 31.8. The zero-order valence-electron chi connectivity index (χ0n) is 40.4. The lowest BCUT2D eigenvalue weighted by Crippen LogP contribution is -2.22. The van der Waals surface area contributed by atoms with Crippen molar-refractivity contribution in [2.75, 3.05) is 41.5 Å². The number of hydrogen-bond acceptors (Lipinski definition) is 17. The Labute approximate surface area is 444 Å². The zero-order chi connectivity index (χ0) is 55.6. The second-order valence-electron chi connectivity index (χ2n) is 17.0. The molecule has 0 aliphatic rings. The molecule has 0 spiro atoms. The van der Waals surface area contributed by atoms with Gasteiger partial charge in [0, 0.05) is 48.7 Å². The number of aromatic nitrogens is 8. The first-order chi connectivity index (χ1) is 35.5. The van der Waals surface area contributed by atoms with Crippen molar-refractivity contribution in [2.24, 2.45) is 10.3 Å². The number of nitrogens with two attached hydrogens (primary N) is 2. The first-order valence-electron chi connectivity index (χ1n) is 22.1. The summed E-state index contributed by atoms with van der Waals surface area (Å²) in [5, 5.41) is 20.6. The highest BCUT2D eigenvalue weighted by Gasteiger charge is 2.29. The van der Waals surface area contributed by atoms with Crippen LogP contribution >= 0.6 is 21.8 Å². The van der Waals surface area contributed by atoms with Crippen LogP contribution in [0.4, 0.5) is 49.9 Å². The van der Waals surface area contributed by atoms with E-state index in [1.54, 1.807) is 54.6 Å². The minimum absolute atomic E-state index is 0.0309. The van der Waals surface area contributed by atoms with E-state index in [4.69, 9.17) is 15.0 Å². The summed E-state index contributed by atoms with van der Waals surface area (Å²) in [5.74, 6) is 0.197. The number of fused-ring (bicyclic) bond motifs is 2. The zero-order valence-corrected chi connectivity index (χ0v) is 45.2. The molecule has 8 rings (SSSR count). The Morgan fingerprint density at radius 3 is 1.41 bits per heavy atom. The van der Waals surface area contributed by atoms with Crippen molar-refractivity contribution in [2.45, 2.75) is 54.9 Å². The third kappa shape index (κ3) is 18.0. The number of aromatic amines is 1. The number of anilines is 4. The van der Waals surface area contributed by atoms with Gasteiger partial charge in [-0.2, -0.15) is 36.3 Å². The van der Waals surface area contributed by atoms with Gasteiger partial charge in [-0.15, -0.1) is 21.8 Å². The second-order valence-corrected chi connectivity index (χ2v) is 34.0. The molecule has 8 aromatic rings. The number of ether oxygens (including phenoxy) is 1. The maximum absolute atomic E-state index is 12.9. The Balaban J connectivity index is 0.000000227. The van der Waals surface area contributed by atoms with Gasteiger partial charge in [0.25, 0.3) is 0 Å². The minimum atomic E-state index is -4.50. The number of primary sulfonamides is 2. The highest BCUT2D eigenvalue weighted by atomic mass is 127. The first kappa shape index (κ1) is 58.1. The standard InChI is InChI=1S/C22H20F3N7O3S.C21H18F3N7O3S.C3H9ISi/c1-35-18-10-14(8-9-27-18)16-6-7-17-19(30-16)20(29-12-22(23,24)25)32-21(31-17)28-11-13-2-4-15(5-3-13)36(26,33)34;22-21(23,24)11-28-19-18-16(6-5-15(29-18)13-7-8-26-17(32)9-13)30-20(31-19)27-10-12-1-3-14(4-2-12)35(25,33)34;1-5(2,3)4/h2-10H,11-12H2,1H3,(H2,26,33,34)(H2,28,29,31,32);1-9H,10-11H2,(H,26,32)(H2,25,33,34)(H2,27,28,30,31);1-3H3. The number of pyridine rings is 4. The summed E-state index contributed by atoms with van der Waals surface area (Å²) in [6, 6.07) is 24.3. The predicted molar refractivity (Wildman–Crippen MR) is 287 cm³/mol. The Kier molecular flexibility index (Phi) is 18.5. The van der Waals surface area contributed by atoms with Crippen molar-refractivity contribution in [1.82, 2.24) is 39.9 Å². The molecule has 0 fully saturated rings. The fourth-order valence-corrected chi connectivity index (χ4v) is 7.39. The molecule has 76 heavy (non-hydrogen) atoms. The number of nitrogens with zero attached hydrogens (tertiary/aromatic N) is 7. The normalized spacial score (nSPS) is 12.0. The molecule has 0 amide bonds. The molecule has 6 aromatic heterocycles. The Hall–Kier alpha value is -7.13. The van der Waals surface area contributed by atoms with Crippen LogP contribution in [0.5, 0.6) is 5.88 Å². The number of methoxy groups -OCH3 is 1. The van der Waals surface area contributed by atoms with Crippen LogP contribution in [0.2, 0.25) is 19.6 Å². The second kappa shape index (κ2) is 24.2. The molecule has 6 heterocycles. The lowest BCUT2D eigenvalue weighted by molar-refractivity contribution is -0.116. The largest absolute Gasteiger partial charge is 0.481 e. The highest BCUT2D eigenvalue weighted by molar-refractivity contribution is 14.1. The number of benzene rings is 2. The predicted octanol–water partition coefficient (Wildman–Crippen LogP) is 8.20.